The molecule has 0 aromatic carbocycles. The molecule has 0 atom stereocenters. The lowest BCUT2D eigenvalue weighted by atomic mass is 10.1. The molecule has 6 nitrogen and oxygen atoms in total. The highest BCUT2D eigenvalue weighted by atomic mass is 19.4. The molecule has 0 spiro atoms. The average molecular weight is 363 g/mol. The number of imidazole rings is 1. The maximum absolute atomic E-state index is 12.8. The lowest BCUT2D eigenvalue weighted by Crippen LogP contribution is -2.37. The van der Waals surface area contributed by atoms with E-state index >= 15 is 0 Å². The van der Waals surface area contributed by atoms with Gasteiger partial charge in [-0.25, -0.2) is 9.97 Å². The highest BCUT2D eigenvalue weighted by Crippen LogP contribution is 2.27. The minimum Gasteiger partial charge on any atom is -0.303 e. The van der Waals surface area contributed by atoms with Gasteiger partial charge in [-0.15, -0.1) is 0 Å². The van der Waals surface area contributed by atoms with Crippen molar-refractivity contribution in [2.75, 3.05) is 6.54 Å². The topological polar surface area (TPSA) is 66.3 Å². The first kappa shape index (κ1) is 16.8. The van der Waals surface area contributed by atoms with E-state index in [4.69, 9.17) is 0 Å². The maximum Gasteiger partial charge on any atom is 0.449 e. The molecule has 1 aliphatic rings. The minimum absolute atomic E-state index is 0.229. The van der Waals surface area contributed by atoms with Crippen molar-refractivity contribution in [2.24, 2.45) is 0 Å². The molecule has 0 bridgehead atoms. The zero-order chi connectivity index (χ0) is 18.5. The monoisotopic (exact) mass is 363 g/mol. The highest BCUT2D eigenvalue weighted by Gasteiger charge is 2.36. The fourth-order valence-corrected chi connectivity index (χ4v) is 3.32. The van der Waals surface area contributed by atoms with E-state index in [2.05, 4.69) is 9.97 Å². The molecule has 1 aliphatic heterocycles. The van der Waals surface area contributed by atoms with E-state index in [1.165, 1.54) is 0 Å². The number of H-pyrrole nitrogens is 1. The van der Waals surface area contributed by atoms with Gasteiger partial charge in [-0.1, -0.05) is 6.07 Å². The smallest absolute Gasteiger partial charge is 0.303 e. The van der Waals surface area contributed by atoms with Crippen LogP contribution < -0.4 is 5.56 Å². The molecule has 0 saturated heterocycles. The summed E-state index contributed by atoms with van der Waals surface area (Å²) in [7, 11) is 0. The molecular weight excluding hydrogens is 347 g/mol. The van der Waals surface area contributed by atoms with E-state index in [9.17, 15) is 18.0 Å². The average Bonchev–Trinajstić information content (AvgIpc) is 2.90. The van der Waals surface area contributed by atoms with Crippen LogP contribution in [0, 0.1) is 6.92 Å². The number of aryl methyl sites for hydroxylation is 1. The van der Waals surface area contributed by atoms with Crippen molar-refractivity contribution in [3.63, 3.8) is 0 Å². The molecule has 0 amide bonds. The number of halogens is 3. The van der Waals surface area contributed by atoms with Crippen molar-refractivity contribution < 1.29 is 13.2 Å². The Morgan fingerprint density at radius 1 is 1.27 bits per heavy atom. The van der Waals surface area contributed by atoms with Gasteiger partial charge in [0.2, 0.25) is 5.82 Å². The van der Waals surface area contributed by atoms with Crippen LogP contribution >= 0.6 is 0 Å². The van der Waals surface area contributed by atoms with Crippen molar-refractivity contribution >= 4 is 5.65 Å². The van der Waals surface area contributed by atoms with Gasteiger partial charge >= 0.3 is 6.18 Å². The standard InChI is InChI=1S/C17H16F3N5O/c1-10-13(25-6-3-2-4-14(25)21-10)9-24-7-5-12-11(8-24)15(26)23-16(22-12)17(18,19)20/h2-4,6H,5,7-9H2,1H3,(H,22,23,26). The molecule has 0 fully saturated rings. The van der Waals surface area contributed by atoms with Gasteiger partial charge in [0.05, 0.1) is 22.6 Å². The lowest BCUT2D eigenvalue weighted by molar-refractivity contribution is -0.145. The number of nitrogens with one attached hydrogen (secondary N) is 1. The molecular formula is C17H16F3N5O. The number of hydrogen-bond acceptors (Lipinski definition) is 4. The molecule has 136 valence electrons. The molecule has 3 aromatic rings. The van der Waals surface area contributed by atoms with Gasteiger partial charge in [0, 0.05) is 32.3 Å². The fourth-order valence-electron chi connectivity index (χ4n) is 3.32. The second-order valence-corrected chi connectivity index (χ2v) is 6.37. The first-order valence-corrected chi connectivity index (χ1v) is 8.17. The summed E-state index contributed by atoms with van der Waals surface area (Å²) in [6.07, 6.45) is -2.43. The van der Waals surface area contributed by atoms with Gasteiger partial charge in [-0.2, -0.15) is 13.2 Å². The molecule has 4 rings (SSSR count). The Balaban J connectivity index is 1.63. The summed E-state index contributed by atoms with van der Waals surface area (Å²) < 4.78 is 40.4. The second kappa shape index (κ2) is 5.94. The van der Waals surface area contributed by atoms with Crippen LogP contribution in [-0.4, -0.2) is 30.8 Å². The van der Waals surface area contributed by atoms with Gasteiger partial charge in [-0.3, -0.25) is 9.69 Å². The molecule has 0 saturated carbocycles. The minimum atomic E-state index is -4.65. The predicted octanol–water partition coefficient (Wildman–Crippen LogP) is 2.30. The Labute approximate surface area is 146 Å². The largest absolute Gasteiger partial charge is 0.449 e. The summed E-state index contributed by atoms with van der Waals surface area (Å²) >= 11 is 0. The SMILES string of the molecule is Cc1nc2ccccn2c1CN1CCc2nc(C(F)(F)F)[nH]c(=O)c2C1. The zero-order valence-electron chi connectivity index (χ0n) is 14.0. The number of nitrogens with zero attached hydrogens (tertiary/aromatic N) is 4. The van der Waals surface area contributed by atoms with E-state index in [1.54, 1.807) is 0 Å². The highest BCUT2D eigenvalue weighted by molar-refractivity contribution is 5.42. The van der Waals surface area contributed by atoms with Crippen molar-refractivity contribution in [2.45, 2.75) is 32.6 Å². The van der Waals surface area contributed by atoms with Crippen LogP contribution in [0.3, 0.4) is 0 Å². The van der Waals surface area contributed by atoms with Crippen LogP contribution in [0.4, 0.5) is 13.2 Å². The maximum atomic E-state index is 12.8. The Bertz CT molecular complexity index is 1040. The zero-order valence-corrected chi connectivity index (χ0v) is 14.0. The van der Waals surface area contributed by atoms with E-state index in [-0.39, 0.29) is 12.2 Å². The van der Waals surface area contributed by atoms with Crippen molar-refractivity contribution in [1.82, 2.24) is 24.3 Å². The summed E-state index contributed by atoms with van der Waals surface area (Å²) in [4.78, 5) is 24.1. The quantitative estimate of drug-likeness (QED) is 0.759. The Morgan fingerprint density at radius 3 is 2.85 bits per heavy atom. The van der Waals surface area contributed by atoms with Gasteiger partial charge in [0.1, 0.15) is 5.65 Å². The Hall–Kier alpha value is -2.68. The summed E-state index contributed by atoms with van der Waals surface area (Å²) in [5, 5.41) is 0. The summed E-state index contributed by atoms with van der Waals surface area (Å²) in [6, 6.07) is 5.73. The van der Waals surface area contributed by atoms with Crippen LogP contribution in [0.15, 0.2) is 29.2 Å². The van der Waals surface area contributed by atoms with Crippen LogP contribution in [0.25, 0.3) is 5.65 Å². The number of aromatic nitrogens is 4. The van der Waals surface area contributed by atoms with Gasteiger partial charge < -0.3 is 9.38 Å². The van der Waals surface area contributed by atoms with Crippen LogP contribution in [0.1, 0.15) is 28.5 Å². The van der Waals surface area contributed by atoms with E-state index in [0.29, 0.717) is 25.1 Å². The van der Waals surface area contributed by atoms with Crippen LogP contribution in [0.5, 0.6) is 0 Å². The number of hydrogen-bond donors (Lipinski definition) is 1. The number of aromatic amines is 1. The third-order valence-electron chi connectivity index (χ3n) is 4.62. The summed E-state index contributed by atoms with van der Waals surface area (Å²) in [6.45, 7) is 3.26. The first-order valence-electron chi connectivity index (χ1n) is 8.17. The molecule has 9 heteroatoms. The first-order chi connectivity index (χ1) is 12.3. The summed E-state index contributed by atoms with van der Waals surface area (Å²) in [5.74, 6) is -1.23. The van der Waals surface area contributed by atoms with Crippen molar-refractivity contribution in [3.8, 4) is 0 Å². The van der Waals surface area contributed by atoms with E-state index < -0.39 is 17.6 Å². The summed E-state index contributed by atoms with van der Waals surface area (Å²) in [5.41, 5.74) is 2.54. The molecule has 0 radical (unpaired) electrons. The van der Waals surface area contributed by atoms with E-state index in [1.807, 2.05) is 45.6 Å². The number of alkyl halides is 3. The number of pyridine rings is 1. The fraction of sp³-hybridized carbons (Fsp3) is 0.353. The van der Waals surface area contributed by atoms with Crippen LogP contribution in [-0.2, 0) is 25.7 Å². The number of fused-ring (bicyclic) bond motifs is 2. The molecule has 3 aromatic heterocycles. The van der Waals surface area contributed by atoms with Crippen molar-refractivity contribution in [1.29, 1.82) is 0 Å². The second-order valence-electron chi connectivity index (χ2n) is 6.37. The Kier molecular flexibility index (Phi) is 3.83. The molecule has 4 heterocycles. The van der Waals surface area contributed by atoms with Gasteiger partial charge in [0.15, 0.2) is 0 Å². The van der Waals surface area contributed by atoms with Gasteiger partial charge in [-0.05, 0) is 19.1 Å². The lowest BCUT2D eigenvalue weighted by Gasteiger charge is -2.27. The molecule has 1 N–H and O–H groups in total. The van der Waals surface area contributed by atoms with Crippen molar-refractivity contribution in [3.05, 3.63) is 63.2 Å². The molecule has 0 unspecified atom stereocenters. The number of rotatable bonds is 2. The van der Waals surface area contributed by atoms with Gasteiger partial charge in [0.25, 0.3) is 5.56 Å². The third kappa shape index (κ3) is 2.88. The molecule has 0 aliphatic carbocycles. The molecule has 26 heavy (non-hydrogen) atoms. The predicted molar refractivity (Wildman–Crippen MR) is 87.6 cm³/mol. The normalized spacial score (nSPS) is 15.4. The van der Waals surface area contributed by atoms with Crippen LogP contribution in [0.2, 0.25) is 0 Å². The van der Waals surface area contributed by atoms with E-state index in [0.717, 1.165) is 17.0 Å². The Morgan fingerprint density at radius 2 is 2.08 bits per heavy atom. The third-order valence-corrected chi connectivity index (χ3v) is 4.62.